The van der Waals surface area contributed by atoms with Crippen molar-refractivity contribution >= 4 is 33.0 Å². The van der Waals surface area contributed by atoms with Crippen LogP contribution in [0.4, 0.5) is 0 Å². The summed E-state index contributed by atoms with van der Waals surface area (Å²) >= 11 is 7.33. The summed E-state index contributed by atoms with van der Waals surface area (Å²) in [5, 5.41) is 12.6. The molecule has 1 aromatic heterocycles. The number of halogens is 1. The minimum atomic E-state index is 0.326. The SMILES string of the molecule is Oc1ccc2c(CCCl)csc2c1. The lowest BCUT2D eigenvalue weighted by Gasteiger charge is -1.95. The van der Waals surface area contributed by atoms with Crippen LogP contribution in [0.15, 0.2) is 23.6 Å². The van der Waals surface area contributed by atoms with Crippen molar-refractivity contribution in [3.8, 4) is 5.75 Å². The molecule has 1 N–H and O–H groups in total. The fraction of sp³-hybridized carbons (Fsp3) is 0.200. The van der Waals surface area contributed by atoms with Crippen LogP contribution in [0.1, 0.15) is 5.56 Å². The number of aryl methyl sites for hydroxylation is 1. The Morgan fingerprint density at radius 2 is 2.23 bits per heavy atom. The van der Waals surface area contributed by atoms with Crippen LogP contribution in [0.5, 0.6) is 5.75 Å². The average Bonchev–Trinajstić information content (AvgIpc) is 2.49. The molecule has 1 aromatic carbocycles. The molecule has 0 saturated carbocycles. The molecular weight excluding hydrogens is 204 g/mol. The Kier molecular flexibility index (Phi) is 2.42. The Morgan fingerprint density at radius 3 is 3.00 bits per heavy atom. The zero-order chi connectivity index (χ0) is 9.26. The first-order chi connectivity index (χ1) is 6.31. The second kappa shape index (κ2) is 3.56. The van der Waals surface area contributed by atoms with Crippen molar-refractivity contribution < 1.29 is 5.11 Å². The van der Waals surface area contributed by atoms with Gasteiger partial charge in [-0.25, -0.2) is 0 Å². The van der Waals surface area contributed by atoms with Crippen molar-refractivity contribution in [1.82, 2.24) is 0 Å². The van der Waals surface area contributed by atoms with E-state index in [2.05, 4.69) is 5.38 Å². The largest absolute Gasteiger partial charge is 0.508 e. The topological polar surface area (TPSA) is 20.2 Å². The Balaban J connectivity index is 2.55. The van der Waals surface area contributed by atoms with E-state index in [1.807, 2.05) is 6.07 Å². The number of fused-ring (bicyclic) bond motifs is 1. The number of benzene rings is 1. The molecule has 68 valence electrons. The first kappa shape index (κ1) is 8.85. The molecule has 0 aliphatic heterocycles. The van der Waals surface area contributed by atoms with Gasteiger partial charge in [-0.1, -0.05) is 0 Å². The van der Waals surface area contributed by atoms with Crippen LogP contribution >= 0.6 is 22.9 Å². The molecule has 1 heterocycles. The molecule has 0 fully saturated rings. The molecule has 0 aliphatic rings. The summed E-state index contributed by atoms with van der Waals surface area (Å²) in [6, 6.07) is 5.45. The van der Waals surface area contributed by atoms with Crippen LogP contribution in [0, 0.1) is 0 Å². The van der Waals surface area contributed by atoms with E-state index >= 15 is 0 Å². The molecular formula is C10H9ClOS. The molecule has 0 amide bonds. The Morgan fingerprint density at radius 1 is 1.38 bits per heavy atom. The van der Waals surface area contributed by atoms with Crippen LogP contribution in [0.2, 0.25) is 0 Å². The minimum absolute atomic E-state index is 0.326. The molecule has 2 rings (SSSR count). The second-order valence-electron chi connectivity index (χ2n) is 2.88. The van der Waals surface area contributed by atoms with Crippen LogP contribution in [0.25, 0.3) is 10.1 Å². The summed E-state index contributed by atoms with van der Waals surface area (Å²) < 4.78 is 1.13. The highest BCUT2D eigenvalue weighted by Crippen LogP contribution is 2.29. The van der Waals surface area contributed by atoms with Gasteiger partial charge in [0.15, 0.2) is 0 Å². The molecule has 13 heavy (non-hydrogen) atoms. The van der Waals surface area contributed by atoms with Gasteiger partial charge in [0.2, 0.25) is 0 Å². The van der Waals surface area contributed by atoms with E-state index in [1.165, 1.54) is 10.9 Å². The summed E-state index contributed by atoms with van der Waals surface area (Å²) in [6.07, 6.45) is 0.895. The number of alkyl halides is 1. The zero-order valence-corrected chi connectivity index (χ0v) is 8.53. The van der Waals surface area contributed by atoms with Gasteiger partial charge in [-0.2, -0.15) is 0 Å². The second-order valence-corrected chi connectivity index (χ2v) is 4.17. The molecule has 0 saturated heterocycles. The summed E-state index contributed by atoms with van der Waals surface area (Å²) in [5.74, 6) is 0.971. The maximum absolute atomic E-state index is 9.25. The maximum Gasteiger partial charge on any atom is 0.117 e. The van der Waals surface area contributed by atoms with Gasteiger partial charge in [0.25, 0.3) is 0 Å². The number of phenolic OH excluding ortho intramolecular Hbond substituents is 1. The third kappa shape index (κ3) is 1.64. The molecule has 0 bridgehead atoms. The molecule has 0 spiro atoms. The number of hydrogen-bond acceptors (Lipinski definition) is 2. The van der Waals surface area contributed by atoms with Crippen LogP contribution in [0.3, 0.4) is 0 Å². The molecule has 3 heteroatoms. The molecule has 1 nitrogen and oxygen atoms in total. The van der Waals surface area contributed by atoms with E-state index in [1.54, 1.807) is 23.5 Å². The van der Waals surface area contributed by atoms with Crippen molar-refractivity contribution in [3.05, 3.63) is 29.1 Å². The van der Waals surface area contributed by atoms with Crippen molar-refractivity contribution in [2.24, 2.45) is 0 Å². The van der Waals surface area contributed by atoms with Gasteiger partial charge in [0, 0.05) is 10.6 Å². The summed E-state index contributed by atoms with van der Waals surface area (Å²) in [6.45, 7) is 0. The molecule has 0 atom stereocenters. The van der Waals surface area contributed by atoms with Crippen LogP contribution in [-0.4, -0.2) is 11.0 Å². The Labute approximate surface area is 85.6 Å². The number of aromatic hydroxyl groups is 1. The van der Waals surface area contributed by atoms with Gasteiger partial charge in [-0.05, 0) is 40.9 Å². The van der Waals surface area contributed by atoms with Gasteiger partial charge in [-0.15, -0.1) is 22.9 Å². The first-order valence-corrected chi connectivity index (χ1v) is 5.48. The van der Waals surface area contributed by atoms with E-state index in [-0.39, 0.29) is 0 Å². The third-order valence-corrected chi connectivity index (χ3v) is 3.19. The van der Waals surface area contributed by atoms with Crippen LogP contribution < -0.4 is 0 Å². The first-order valence-electron chi connectivity index (χ1n) is 4.06. The summed E-state index contributed by atoms with van der Waals surface area (Å²) in [4.78, 5) is 0. The van der Waals surface area contributed by atoms with Crippen molar-refractivity contribution in [3.63, 3.8) is 0 Å². The highest BCUT2D eigenvalue weighted by Gasteiger charge is 2.03. The van der Waals surface area contributed by atoms with Gasteiger partial charge in [0.05, 0.1) is 0 Å². The Bertz CT molecular complexity index is 422. The third-order valence-electron chi connectivity index (χ3n) is 2.00. The zero-order valence-electron chi connectivity index (χ0n) is 6.96. The van der Waals surface area contributed by atoms with Gasteiger partial charge in [-0.3, -0.25) is 0 Å². The predicted molar refractivity (Wildman–Crippen MR) is 57.9 cm³/mol. The lowest BCUT2D eigenvalue weighted by molar-refractivity contribution is 0.476. The van der Waals surface area contributed by atoms with Crippen LogP contribution in [-0.2, 0) is 6.42 Å². The van der Waals surface area contributed by atoms with Crippen molar-refractivity contribution in [2.45, 2.75) is 6.42 Å². The number of hydrogen-bond donors (Lipinski definition) is 1. The minimum Gasteiger partial charge on any atom is -0.508 e. The van der Waals surface area contributed by atoms with E-state index in [0.717, 1.165) is 11.1 Å². The summed E-state index contributed by atoms with van der Waals surface area (Å²) in [5.41, 5.74) is 1.27. The van der Waals surface area contributed by atoms with Gasteiger partial charge in [0.1, 0.15) is 5.75 Å². The monoisotopic (exact) mass is 212 g/mol. The maximum atomic E-state index is 9.25. The van der Waals surface area contributed by atoms with Crippen molar-refractivity contribution in [2.75, 3.05) is 5.88 Å². The fourth-order valence-corrected chi connectivity index (χ4v) is 2.60. The molecule has 0 aliphatic carbocycles. The van der Waals surface area contributed by atoms with E-state index in [0.29, 0.717) is 11.6 Å². The highest BCUT2D eigenvalue weighted by atomic mass is 35.5. The quantitative estimate of drug-likeness (QED) is 0.757. The number of thiophene rings is 1. The van der Waals surface area contributed by atoms with Gasteiger partial charge < -0.3 is 5.11 Å². The standard InChI is InChI=1S/C10H9ClOS/c11-4-3-7-6-13-10-5-8(12)1-2-9(7)10/h1-2,5-6,12H,3-4H2. The van der Waals surface area contributed by atoms with E-state index < -0.39 is 0 Å². The van der Waals surface area contributed by atoms with E-state index in [4.69, 9.17) is 11.6 Å². The van der Waals surface area contributed by atoms with Crippen molar-refractivity contribution in [1.29, 1.82) is 0 Å². The molecule has 0 radical (unpaired) electrons. The van der Waals surface area contributed by atoms with Gasteiger partial charge >= 0.3 is 0 Å². The van der Waals surface area contributed by atoms with E-state index in [9.17, 15) is 5.11 Å². The number of phenols is 1. The number of rotatable bonds is 2. The average molecular weight is 213 g/mol. The lowest BCUT2D eigenvalue weighted by Crippen LogP contribution is -1.82. The molecule has 0 unspecified atom stereocenters. The Hall–Kier alpha value is -0.730. The normalized spacial score (nSPS) is 10.8. The lowest BCUT2D eigenvalue weighted by atomic mass is 10.1. The highest BCUT2D eigenvalue weighted by molar-refractivity contribution is 7.17. The smallest absolute Gasteiger partial charge is 0.117 e. The fourth-order valence-electron chi connectivity index (χ4n) is 1.37. The summed E-state index contributed by atoms with van der Waals surface area (Å²) in [7, 11) is 0. The molecule has 2 aromatic rings. The predicted octanol–water partition coefficient (Wildman–Crippen LogP) is 3.39.